The molecular formula is C14H17BrFNO2. The SMILES string of the molecule is O=C(NCCOC1CCCC1)c1c(F)cccc1Br. The molecule has 1 saturated carbocycles. The van der Waals surface area contributed by atoms with Crippen molar-refractivity contribution in [2.24, 2.45) is 0 Å². The van der Waals surface area contributed by atoms with Crippen molar-refractivity contribution in [1.82, 2.24) is 5.32 Å². The number of hydrogen-bond donors (Lipinski definition) is 1. The molecule has 0 unspecified atom stereocenters. The molecule has 0 aliphatic heterocycles. The summed E-state index contributed by atoms with van der Waals surface area (Å²) < 4.78 is 19.6. The van der Waals surface area contributed by atoms with Crippen LogP contribution >= 0.6 is 15.9 Å². The number of nitrogens with one attached hydrogen (secondary N) is 1. The average Bonchev–Trinajstić information content (AvgIpc) is 2.87. The molecular weight excluding hydrogens is 313 g/mol. The van der Waals surface area contributed by atoms with Crippen LogP contribution in [-0.4, -0.2) is 25.2 Å². The Morgan fingerprint density at radius 3 is 2.84 bits per heavy atom. The van der Waals surface area contributed by atoms with Gasteiger partial charge in [0.2, 0.25) is 0 Å². The third kappa shape index (κ3) is 4.01. The summed E-state index contributed by atoms with van der Waals surface area (Å²) in [5, 5.41) is 2.67. The molecule has 1 amide bonds. The lowest BCUT2D eigenvalue weighted by atomic mass is 10.2. The largest absolute Gasteiger partial charge is 0.376 e. The molecule has 19 heavy (non-hydrogen) atoms. The Labute approximate surface area is 120 Å². The van der Waals surface area contributed by atoms with E-state index in [9.17, 15) is 9.18 Å². The van der Waals surface area contributed by atoms with E-state index < -0.39 is 11.7 Å². The molecule has 1 N–H and O–H groups in total. The maximum absolute atomic E-state index is 13.5. The van der Waals surface area contributed by atoms with Crippen molar-refractivity contribution < 1.29 is 13.9 Å². The van der Waals surface area contributed by atoms with E-state index in [1.165, 1.54) is 18.9 Å². The van der Waals surface area contributed by atoms with Crippen molar-refractivity contribution >= 4 is 21.8 Å². The van der Waals surface area contributed by atoms with Crippen LogP contribution in [0.3, 0.4) is 0 Å². The number of rotatable bonds is 5. The fraction of sp³-hybridized carbons (Fsp3) is 0.500. The second kappa shape index (κ2) is 7.01. The van der Waals surface area contributed by atoms with E-state index in [0.29, 0.717) is 23.7 Å². The smallest absolute Gasteiger partial charge is 0.255 e. The van der Waals surface area contributed by atoms with Gasteiger partial charge in [0, 0.05) is 11.0 Å². The standard InChI is InChI=1S/C14H17BrFNO2/c15-11-6-3-7-12(16)13(11)14(18)17-8-9-19-10-4-1-2-5-10/h3,6-7,10H,1-2,4-5,8-9H2,(H,17,18). The molecule has 3 nitrogen and oxygen atoms in total. The lowest BCUT2D eigenvalue weighted by Crippen LogP contribution is -2.29. The van der Waals surface area contributed by atoms with Crippen LogP contribution in [0.2, 0.25) is 0 Å². The van der Waals surface area contributed by atoms with Crippen molar-refractivity contribution in [2.45, 2.75) is 31.8 Å². The second-order valence-electron chi connectivity index (χ2n) is 4.63. The summed E-state index contributed by atoms with van der Waals surface area (Å²) in [6.07, 6.45) is 4.98. The van der Waals surface area contributed by atoms with Crippen LogP contribution in [0, 0.1) is 5.82 Å². The van der Waals surface area contributed by atoms with E-state index in [2.05, 4.69) is 21.2 Å². The van der Waals surface area contributed by atoms with Crippen LogP contribution in [0.1, 0.15) is 36.0 Å². The molecule has 0 aromatic heterocycles. The van der Waals surface area contributed by atoms with Gasteiger partial charge in [-0.15, -0.1) is 0 Å². The van der Waals surface area contributed by atoms with Crippen LogP contribution in [0.4, 0.5) is 4.39 Å². The van der Waals surface area contributed by atoms with Crippen molar-refractivity contribution in [3.8, 4) is 0 Å². The maximum Gasteiger partial charge on any atom is 0.255 e. The monoisotopic (exact) mass is 329 g/mol. The van der Waals surface area contributed by atoms with Gasteiger partial charge in [-0.05, 0) is 40.9 Å². The Morgan fingerprint density at radius 2 is 2.16 bits per heavy atom. The van der Waals surface area contributed by atoms with Crippen LogP contribution in [-0.2, 0) is 4.74 Å². The Kier molecular flexibility index (Phi) is 5.34. The van der Waals surface area contributed by atoms with Crippen LogP contribution in [0.5, 0.6) is 0 Å². The highest BCUT2D eigenvalue weighted by Crippen LogP contribution is 2.21. The summed E-state index contributed by atoms with van der Waals surface area (Å²) in [4.78, 5) is 11.8. The van der Waals surface area contributed by atoms with Gasteiger partial charge < -0.3 is 10.1 Å². The fourth-order valence-electron chi connectivity index (χ4n) is 2.25. The predicted molar refractivity (Wildman–Crippen MR) is 74.6 cm³/mol. The third-order valence-electron chi connectivity index (χ3n) is 3.23. The zero-order valence-corrected chi connectivity index (χ0v) is 12.2. The second-order valence-corrected chi connectivity index (χ2v) is 5.48. The van der Waals surface area contributed by atoms with Crippen molar-refractivity contribution in [1.29, 1.82) is 0 Å². The van der Waals surface area contributed by atoms with Gasteiger partial charge >= 0.3 is 0 Å². The normalized spacial score (nSPS) is 15.7. The van der Waals surface area contributed by atoms with Gasteiger partial charge in [0.15, 0.2) is 0 Å². The number of carbonyl (C=O) groups excluding carboxylic acids is 1. The molecule has 0 heterocycles. The Balaban J connectivity index is 1.77. The summed E-state index contributed by atoms with van der Waals surface area (Å²) in [5.41, 5.74) is 0.0448. The van der Waals surface area contributed by atoms with Crippen LogP contribution in [0.15, 0.2) is 22.7 Å². The zero-order valence-electron chi connectivity index (χ0n) is 10.6. The van der Waals surface area contributed by atoms with Crippen molar-refractivity contribution in [3.05, 3.63) is 34.1 Å². The first-order valence-electron chi connectivity index (χ1n) is 6.52. The summed E-state index contributed by atoms with van der Waals surface area (Å²) in [7, 11) is 0. The molecule has 1 aromatic carbocycles. The average molecular weight is 330 g/mol. The van der Waals surface area contributed by atoms with E-state index in [4.69, 9.17) is 4.74 Å². The Hall–Kier alpha value is -0.940. The van der Waals surface area contributed by atoms with Gasteiger partial charge in [0.05, 0.1) is 18.3 Å². The van der Waals surface area contributed by atoms with E-state index in [0.717, 1.165) is 12.8 Å². The molecule has 0 saturated heterocycles. The highest BCUT2D eigenvalue weighted by Gasteiger charge is 2.16. The Bertz CT molecular complexity index is 427. The van der Waals surface area contributed by atoms with Gasteiger partial charge in [-0.25, -0.2) is 4.39 Å². The molecule has 1 aromatic rings. The molecule has 1 aliphatic carbocycles. The highest BCUT2D eigenvalue weighted by molar-refractivity contribution is 9.10. The number of amides is 1. The zero-order chi connectivity index (χ0) is 13.7. The third-order valence-corrected chi connectivity index (χ3v) is 3.89. The summed E-state index contributed by atoms with van der Waals surface area (Å²) in [6.45, 7) is 0.874. The molecule has 0 atom stereocenters. The van der Waals surface area contributed by atoms with Gasteiger partial charge in [-0.1, -0.05) is 18.9 Å². The maximum atomic E-state index is 13.5. The molecule has 0 radical (unpaired) electrons. The minimum absolute atomic E-state index is 0.0448. The first kappa shape index (κ1) is 14.5. The number of carbonyl (C=O) groups is 1. The fourth-order valence-corrected chi connectivity index (χ4v) is 2.77. The van der Waals surface area contributed by atoms with E-state index in [-0.39, 0.29) is 5.56 Å². The van der Waals surface area contributed by atoms with E-state index in [1.54, 1.807) is 12.1 Å². The number of hydrogen-bond acceptors (Lipinski definition) is 2. The summed E-state index contributed by atoms with van der Waals surface area (Å²) in [6, 6.07) is 4.47. The van der Waals surface area contributed by atoms with Gasteiger partial charge in [-0.2, -0.15) is 0 Å². The predicted octanol–water partition coefficient (Wildman–Crippen LogP) is 3.28. The molecule has 104 valence electrons. The lowest BCUT2D eigenvalue weighted by molar-refractivity contribution is 0.0581. The van der Waals surface area contributed by atoms with Crippen LogP contribution in [0.25, 0.3) is 0 Å². The Morgan fingerprint density at radius 1 is 1.42 bits per heavy atom. The van der Waals surface area contributed by atoms with Crippen molar-refractivity contribution in [3.63, 3.8) is 0 Å². The molecule has 1 fully saturated rings. The first-order chi connectivity index (χ1) is 9.18. The summed E-state index contributed by atoms with van der Waals surface area (Å²) in [5.74, 6) is -0.941. The summed E-state index contributed by atoms with van der Waals surface area (Å²) >= 11 is 3.18. The van der Waals surface area contributed by atoms with Crippen molar-refractivity contribution in [2.75, 3.05) is 13.2 Å². The highest BCUT2D eigenvalue weighted by atomic mass is 79.9. The molecule has 1 aliphatic rings. The molecule has 0 bridgehead atoms. The molecule has 5 heteroatoms. The van der Waals surface area contributed by atoms with Gasteiger partial charge in [-0.3, -0.25) is 4.79 Å². The lowest BCUT2D eigenvalue weighted by Gasteiger charge is -2.12. The molecule has 2 rings (SSSR count). The van der Waals surface area contributed by atoms with Crippen LogP contribution < -0.4 is 5.32 Å². The number of benzene rings is 1. The number of ether oxygens (including phenoxy) is 1. The molecule has 0 spiro atoms. The minimum Gasteiger partial charge on any atom is -0.376 e. The van der Waals surface area contributed by atoms with Gasteiger partial charge in [0.25, 0.3) is 5.91 Å². The topological polar surface area (TPSA) is 38.3 Å². The van der Waals surface area contributed by atoms with E-state index in [1.807, 2.05) is 0 Å². The number of halogens is 2. The van der Waals surface area contributed by atoms with E-state index >= 15 is 0 Å². The minimum atomic E-state index is -0.524. The van der Waals surface area contributed by atoms with Gasteiger partial charge in [0.1, 0.15) is 5.82 Å². The quantitative estimate of drug-likeness (QED) is 0.842. The first-order valence-corrected chi connectivity index (χ1v) is 7.31.